The molecule has 2 aromatic heterocycles. The summed E-state index contributed by atoms with van der Waals surface area (Å²) in [6.07, 6.45) is 2.06. The van der Waals surface area contributed by atoms with Gasteiger partial charge < -0.3 is 5.32 Å². The molecule has 5 rings (SSSR count). The van der Waals surface area contributed by atoms with E-state index in [0.29, 0.717) is 5.56 Å². The predicted octanol–water partition coefficient (Wildman–Crippen LogP) is 5.71. The first-order valence-corrected chi connectivity index (χ1v) is 10.3. The molecule has 0 fully saturated rings. The molecule has 0 aliphatic rings. The molecule has 5 heteroatoms. The number of amides is 1. The number of nitrogens with zero attached hydrogens (tertiary/aromatic N) is 2. The van der Waals surface area contributed by atoms with Crippen molar-refractivity contribution in [2.45, 2.75) is 13.0 Å². The minimum atomic E-state index is -0.0701. The van der Waals surface area contributed by atoms with E-state index < -0.39 is 0 Å². The van der Waals surface area contributed by atoms with Crippen LogP contribution >= 0.6 is 11.3 Å². The maximum absolute atomic E-state index is 12.7. The largest absolute Gasteiger partial charge is 0.346 e. The van der Waals surface area contributed by atoms with Gasteiger partial charge in [-0.15, -0.1) is 0 Å². The zero-order valence-corrected chi connectivity index (χ0v) is 16.7. The summed E-state index contributed by atoms with van der Waals surface area (Å²) in [7, 11) is 0. The van der Waals surface area contributed by atoms with Crippen molar-refractivity contribution in [2.75, 3.05) is 0 Å². The third-order valence-corrected chi connectivity index (χ3v) is 6.09. The number of thiazole rings is 1. The van der Waals surface area contributed by atoms with E-state index in [1.165, 1.54) is 0 Å². The van der Waals surface area contributed by atoms with Crippen molar-refractivity contribution in [1.82, 2.24) is 14.7 Å². The molecule has 1 N–H and O–H groups in total. The van der Waals surface area contributed by atoms with Crippen LogP contribution in [0.1, 0.15) is 28.9 Å². The van der Waals surface area contributed by atoms with Crippen LogP contribution in [-0.2, 0) is 0 Å². The smallest absolute Gasteiger partial charge is 0.251 e. The maximum Gasteiger partial charge on any atom is 0.251 e. The normalized spacial score (nSPS) is 12.3. The number of carbonyl (C=O) groups is 1. The molecule has 4 nitrogen and oxygen atoms in total. The molecule has 0 bridgehead atoms. The summed E-state index contributed by atoms with van der Waals surface area (Å²) < 4.78 is 3.14. The minimum absolute atomic E-state index is 0.0477. The molecule has 2 heterocycles. The molecule has 1 amide bonds. The molecule has 29 heavy (non-hydrogen) atoms. The van der Waals surface area contributed by atoms with Crippen LogP contribution in [0.4, 0.5) is 0 Å². The summed E-state index contributed by atoms with van der Waals surface area (Å²) in [5.74, 6) is -0.0701. The highest BCUT2D eigenvalue weighted by Crippen LogP contribution is 2.30. The molecule has 0 saturated heterocycles. The van der Waals surface area contributed by atoms with Gasteiger partial charge in [-0.05, 0) is 30.7 Å². The molecular weight excluding hydrogens is 378 g/mol. The van der Waals surface area contributed by atoms with Crippen LogP contribution in [0.25, 0.3) is 26.4 Å². The number of hydrogen-bond acceptors (Lipinski definition) is 3. The Balaban J connectivity index is 1.44. The maximum atomic E-state index is 12.7. The topological polar surface area (TPSA) is 46.4 Å². The van der Waals surface area contributed by atoms with E-state index in [1.807, 2.05) is 73.7 Å². The van der Waals surface area contributed by atoms with E-state index in [2.05, 4.69) is 28.0 Å². The monoisotopic (exact) mass is 397 g/mol. The van der Waals surface area contributed by atoms with Gasteiger partial charge in [0.05, 0.1) is 22.0 Å². The van der Waals surface area contributed by atoms with E-state index in [4.69, 9.17) is 4.98 Å². The van der Waals surface area contributed by atoms with E-state index in [9.17, 15) is 4.79 Å². The van der Waals surface area contributed by atoms with Crippen LogP contribution < -0.4 is 5.32 Å². The quantitative estimate of drug-likeness (QED) is 0.422. The lowest BCUT2D eigenvalue weighted by Crippen LogP contribution is -2.26. The Morgan fingerprint density at radius 1 is 1.00 bits per heavy atom. The molecule has 142 valence electrons. The van der Waals surface area contributed by atoms with Gasteiger partial charge in [-0.25, -0.2) is 4.98 Å². The summed E-state index contributed by atoms with van der Waals surface area (Å²) in [4.78, 5) is 18.4. The summed E-state index contributed by atoms with van der Waals surface area (Å²) >= 11 is 1.60. The average molecular weight is 398 g/mol. The molecule has 0 aliphatic heterocycles. The van der Waals surface area contributed by atoms with Gasteiger partial charge in [0, 0.05) is 17.3 Å². The number of imidazole rings is 1. The van der Waals surface area contributed by atoms with Crippen LogP contribution in [0.2, 0.25) is 0 Å². The number of rotatable bonds is 4. The predicted molar refractivity (Wildman–Crippen MR) is 118 cm³/mol. The first-order chi connectivity index (χ1) is 14.2. The van der Waals surface area contributed by atoms with Crippen molar-refractivity contribution in [1.29, 1.82) is 0 Å². The van der Waals surface area contributed by atoms with Crippen LogP contribution in [-0.4, -0.2) is 15.3 Å². The Morgan fingerprint density at radius 2 is 1.72 bits per heavy atom. The molecular formula is C24H19N3OS. The lowest BCUT2D eigenvalue weighted by molar-refractivity contribution is 0.0940. The zero-order chi connectivity index (χ0) is 19.8. The SMILES string of the molecule is CC(NC(=O)c1ccc2c(c1)sc1nc(-c3ccccc3)cn12)c1ccccc1. The van der Waals surface area contributed by atoms with E-state index in [1.54, 1.807) is 11.3 Å². The van der Waals surface area contributed by atoms with E-state index in [-0.39, 0.29) is 11.9 Å². The van der Waals surface area contributed by atoms with Crippen molar-refractivity contribution < 1.29 is 4.79 Å². The van der Waals surface area contributed by atoms with Crippen LogP contribution in [0.15, 0.2) is 85.1 Å². The Labute approximate surface area is 172 Å². The molecule has 5 aromatic rings. The van der Waals surface area contributed by atoms with Crippen LogP contribution in [0.5, 0.6) is 0 Å². The molecule has 1 atom stereocenters. The fourth-order valence-corrected chi connectivity index (χ4v) is 4.54. The van der Waals surface area contributed by atoms with Crippen molar-refractivity contribution >= 4 is 32.4 Å². The molecule has 0 aliphatic carbocycles. The summed E-state index contributed by atoms with van der Waals surface area (Å²) in [5, 5.41) is 3.08. The van der Waals surface area contributed by atoms with Crippen molar-refractivity contribution in [3.05, 3.63) is 96.2 Å². The van der Waals surface area contributed by atoms with Crippen molar-refractivity contribution in [2.24, 2.45) is 0 Å². The molecule has 0 saturated carbocycles. The van der Waals surface area contributed by atoms with Gasteiger partial charge in [-0.2, -0.15) is 0 Å². The molecule has 0 radical (unpaired) electrons. The van der Waals surface area contributed by atoms with Gasteiger partial charge in [-0.3, -0.25) is 9.20 Å². The lowest BCUT2D eigenvalue weighted by atomic mass is 10.1. The summed E-state index contributed by atoms with van der Waals surface area (Å²) in [6.45, 7) is 2.00. The van der Waals surface area contributed by atoms with Crippen LogP contribution in [0.3, 0.4) is 0 Å². The standard InChI is InChI=1S/C24H19N3OS/c1-16(17-8-4-2-5-9-17)25-23(28)19-12-13-21-22(14-19)29-24-26-20(15-27(21)24)18-10-6-3-7-11-18/h2-16H,1H3,(H,25,28). The number of benzene rings is 3. The second kappa shape index (κ2) is 7.18. The van der Waals surface area contributed by atoms with Gasteiger partial charge in [0.25, 0.3) is 5.91 Å². The highest BCUT2D eigenvalue weighted by atomic mass is 32.1. The first kappa shape index (κ1) is 17.6. The van der Waals surface area contributed by atoms with Gasteiger partial charge in [0.1, 0.15) is 0 Å². The third-order valence-electron chi connectivity index (χ3n) is 5.07. The van der Waals surface area contributed by atoms with Crippen LogP contribution in [0, 0.1) is 0 Å². The Hall–Kier alpha value is -3.44. The van der Waals surface area contributed by atoms with Gasteiger partial charge >= 0.3 is 0 Å². The molecule has 1 unspecified atom stereocenters. The molecule has 0 spiro atoms. The fraction of sp³-hybridized carbons (Fsp3) is 0.0833. The first-order valence-electron chi connectivity index (χ1n) is 9.52. The number of nitrogens with one attached hydrogen (secondary N) is 1. The van der Waals surface area contributed by atoms with E-state index >= 15 is 0 Å². The Morgan fingerprint density at radius 3 is 2.48 bits per heavy atom. The van der Waals surface area contributed by atoms with Gasteiger partial charge in [0.15, 0.2) is 4.96 Å². The number of fused-ring (bicyclic) bond motifs is 3. The van der Waals surface area contributed by atoms with Crippen molar-refractivity contribution in [3.8, 4) is 11.3 Å². The van der Waals surface area contributed by atoms with Crippen molar-refractivity contribution in [3.63, 3.8) is 0 Å². The van der Waals surface area contributed by atoms with Gasteiger partial charge in [0.2, 0.25) is 0 Å². The number of aromatic nitrogens is 2. The van der Waals surface area contributed by atoms with E-state index in [0.717, 1.165) is 32.0 Å². The summed E-state index contributed by atoms with van der Waals surface area (Å²) in [6, 6.07) is 25.9. The third kappa shape index (κ3) is 3.30. The Kier molecular flexibility index (Phi) is 4.37. The highest BCUT2D eigenvalue weighted by molar-refractivity contribution is 7.23. The minimum Gasteiger partial charge on any atom is -0.346 e. The highest BCUT2D eigenvalue weighted by Gasteiger charge is 2.15. The second-order valence-electron chi connectivity index (χ2n) is 7.04. The second-order valence-corrected chi connectivity index (χ2v) is 8.04. The Bertz CT molecular complexity index is 1310. The average Bonchev–Trinajstić information content (AvgIpc) is 3.32. The number of carbonyl (C=O) groups excluding carboxylic acids is 1. The summed E-state index contributed by atoms with van der Waals surface area (Å²) in [5.41, 5.74) is 4.87. The lowest BCUT2D eigenvalue weighted by Gasteiger charge is -2.14. The van der Waals surface area contributed by atoms with Gasteiger partial charge in [-0.1, -0.05) is 72.0 Å². The number of hydrogen-bond donors (Lipinski definition) is 1. The zero-order valence-electron chi connectivity index (χ0n) is 15.9. The fourth-order valence-electron chi connectivity index (χ4n) is 3.50. The molecule has 3 aromatic carbocycles.